The van der Waals surface area contributed by atoms with Gasteiger partial charge in [-0.2, -0.15) is 0 Å². The van der Waals surface area contributed by atoms with E-state index in [9.17, 15) is 0 Å². The predicted molar refractivity (Wildman–Crippen MR) is 71.0 cm³/mol. The highest BCUT2D eigenvalue weighted by atomic mass is 15.7. The van der Waals surface area contributed by atoms with E-state index in [4.69, 9.17) is 0 Å². The van der Waals surface area contributed by atoms with Crippen molar-refractivity contribution in [3.05, 3.63) is 12.7 Å². The molecule has 0 saturated carbocycles. The lowest BCUT2D eigenvalue weighted by molar-refractivity contribution is 0.496. The molecule has 1 heterocycles. The Bertz CT molecular complexity index is 185. The smallest absolute Gasteiger partial charge is 0.0977 e. The first-order chi connectivity index (χ1) is 7.83. The van der Waals surface area contributed by atoms with Crippen LogP contribution in [0, 0.1) is 0 Å². The second-order valence-corrected chi connectivity index (χ2v) is 5.05. The van der Waals surface area contributed by atoms with E-state index in [1.54, 1.807) is 0 Å². The summed E-state index contributed by atoms with van der Waals surface area (Å²) in [5, 5.41) is 0. The molecule has 0 atom stereocenters. The van der Waals surface area contributed by atoms with Crippen LogP contribution in [0.1, 0.15) is 71.1 Å². The van der Waals surface area contributed by atoms with E-state index in [2.05, 4.69) is 24.4 Å². The third-order valence-electron chi connectivity index (χ3n) is 3.43. The van der Waals surface area contributed by atoms with Crippen molar-refractivity contribution >= 4 is 0 Å². The molecular weight excluding hydrogens is 196 g/mol. The summed E-state index contributed by atoms with van der Waals surface area (Å²) in [5.74, 6) is 0. The maximum absolute atomic E-state index is 3.79. The molecule has 0 spiro atoms. The van der Waals surface area contributed by atoms with Crippen LogP contribution in [-0.4, -0.2) is 5.66 Å². The maximum Gasteiger partial charge on any atom is 0.0977 e. The minimum atomic E-state index is 0.226. The van der Waals surface area contributed by atoms with E-state index in [0.29, 0.717) is 0 Å². The van der Waals surface area contributed by atoms with Gasteiger partial charge in [-0.3, -0.25) is 0 Å². The Kier molecular flexibility index (Phi) is 6.74. The average Bonchev–Trinajstić information content (AvgIpc) is 3.03. The Morgan fingerprint density at radius 1 is 0.938 bits per heavy atom. The minimum Gasteiger partial charge on any atom is -0.235 e. The van der Waals surface area contributed by atoms with Crippen molar-refractivity contribution in [3.8, 4) is 0 Å². The predicted octanol–water partition coefficient (Wildman–Crippen LogP) is 3.90. The van der Waals surface area contributed by atoms with Gasteiger partial charge in [0.15, 0.2) is 0 Å². The van der Waals surface area contributed by atoms with Gasteiger partial charge in [0.2, 0.25) is 0 Å². The Balaban J connectivity index is 1.83. The lowest BCUT2D eigenvalue weighted by Gasteiger charge is -2.08. The molecular formula is C14H28N2. The fourth-order valence-electron chi connectivity index (χ4n) is 2.22. The summed E-state index contributed by atoms with van der Waals surface area (Å²) in [6, 6.07) is 0. The van der Waals surface area contributed by atoms with Crippen molar-refractivity contribution in [1.82, 2.24) is 10.9 Å². The number of unbranched alkanes of at least 4 members (excludes halogenated alkanes) is 7. The molecule has 0 aromatic rings. The number of hydrogen-bond acceptors (Lipinski definition) is 2. The van der Waals surface area contributed by atoms with Crippen molar-refractivity contribution in [1.29, 1.82) is 0 Å². The van der Waals surface area contributed by atoms with Crippen LogP contribution in [0.5, 0.6) is 0 Å². The molecule has 2 N–H and O–H groups in total. The molecule has 0 amide bonds. The zero-order chi connectivity index (χ0) is 11.7. The molecule has 1 rings (SSSR count). The van der Waals surface area contributed by atoms with Crippen LogP contribution in [0.15, 0.2) is 12.7 Å². The molecule has 0 aliphatic carbocycles. The van der Waals surface area contributed by atoms with Crippen molar-refractivity contribution in [2.45, 2.75) is 76.8 Å². The first-order valence-electron chi connectivity index (χ1n) is 6.98. The first kappa shape index (κ1) is 13.7. The molecule has 1 fully saturated rings. The van der Waals surface area contributed by atoms with E-state index in [-0.39, 0.29) is 5.66 Å². The van der Waals surface area contributed by atoms with Gasteiger partial charge in [0.05, 0.1) is 5.66 Å². The van der Waals surface area contributed by atoms with E-state index >= 15 is 0 Å². The largest absolute Gasteiger partial charge is 0.235 e. The number of hydrazine groups is 1. The fourth-order valence-corrected chi connectivity index (χ4v) is 2.22. The number of hydrogen-bond donors (Lipinski definition) is 2. The standard InChI is InChI=1S/C14H28N2/c1-3-5-6-7-8-9-10-11-13-14(12-4-2)15-16-14/h4,15-16H,2-3,5-13H2,1H3. The fraction of sp³-hybridized carbons (Fsp3) is 0.857. The van der Waals surface area contributed by atoms with Crippen LogP contribution < -0.4 is 10.9 Å². The van der Waals surface area contributed by atoms with Crippen LogP contribution in [0.2, 0.25) is 0 Å². The summed E-state index contributed by atoms with van der Waals surface area (Å²) in [7, 11) is 0. The lowest BCUT2D eigenvalue weighted by Crippen LogP contribution is -2.15. The van der Waals surface area contributed by atoms with E-state index in [0.717, 1.165) is 6.42 Å². The lowest BCUT2D eigenvalue weighted by atomic mass is 10.0. The van der Waals surface area contributed by atoms with Crippen LogP contribution in [-0.2, 0) is 0 Å². The summed E-state index contributed by atoms with van der Waals surface area (Å²) < 4.78 is 0. The topological polar surface area (TPSA) is 43.9 Å². The summed E-state index contributed by atoms with van der Waals surface area (Å²) in [6.45, 7) is 6.06. The Morgan fingerprint density at radius 2 is 1.50 bits per heavy atom. The highest BCUT2D eigenvalue weighted by molar-refractivity contribution is 4.98. The number of rotatable bonds is 11. The van der Waals surface area contributed by atoms with Gasteiger partial charge in [0.1, 0.15) is 0 Å². The molecule has 1 aliphatic heterocycles. The van der Waals surface area contributed by atoms with E-state index in [1.807, 2.05) is 6.08 Å². The van der Waals surface area contributed by atoms with Gasteiger partial charge in [-0.1, -0.05) is 64.4 Å². The monoisotopic (exact) mass is 224 g/mol. The molecule has 2 nitrogen and oxygen atoms in total. The van der Waals surface area contributed by atoms with Gasteiger partial charge in [0.25, 0.3) is 0 Å². The normalized spacial score (nSPS) is 17.3. The molecule has 0 aromatic heterocycles. The van der Waals surface area contributed by atoms with Crippen molar-refractivity contribution in [2.24, 2.45) is 0 Å². The zero-order valence-corrected chi connectivity index (χ0v) is 10.9. The highest BCUT2D eigenvalue weighted by Gasteiger charge is 2.39. The maximum atomic E-state index is 3.79. The van der Waals surface area contributed by atoms with Gasteiger partial charge < -0.3 is 0 Å². The van der Waals surface area contributed by atoms with Gasteiger partial charge in [-0.15, -0.1) is 6.58 Å². The quantitative estimate of drug-likeness (QED) is 0.317. The van der Waals surface area contributed by atoms with Crippen molar-refractivity contribution in [3.63, 3.8) is 0 Å². The summed E-state index contributed by atoms with van der Waals surface area (Å²) >= 11 is 0. The van der Waals surface area contributed by atoms with Crippen molar-refractivity contribution in [2.75, 3.05) is 0 Å². The molecule has 94 valence electrons. The Hall–Kier alpha value is -0.340. The summed E-state index contributed by atoms with van der Waals surface area (Å²) in [6.07, 6.45) is 15.5. The average molecular weight is 224 g/mol. The highest BCUT2D eigenvalue weighted by Crippen LogP contribution is 2.23. The van der Waals surface area contributed by atoms with Crippen LogP contribution in [0.25, 0.3) is 0 Å². The molecule has 1 aliphatic rings. The molecule has 1 saturated heterocycles. The molecule has 0 aromatic carbocycles. The third kappa shape index (κ3) is 5.66. The van der Waals surface area contributed by atoms with Gasteiger partial charge in [-0.25, -0.2) is 10.9 Å². The molecule has 0 radical (unpaired) electrons. The van der Waals surface area contributed by atoms with Crippen LogP contribution >= 0.6 is 0 Å². The second-order valence-electron chi connectivity index (χ2n) is 5.05. The first-order valence-corrected chi connectivity index (χ1v) is 6.98. The van der Waals surface area contributed by atoms with Crippen LogP contribution in [0.4, 0.5) is 0 Å². The summed E-state index contributed by atoms with van der Waals surface area (Å²) in [5.41, 5.74) is 6.72. The zero-order valence-electron chi connectivity index (χ0n) is 10.9. The summed E-state index contributed by atoms with van der Waals surface area (Å²) in [4.78, 5) is 0. The minimum absolute atomic E-state index is 0.226. The van der Waals surface area contributed by atoms with Gasteiger partial charge in [0, 0.05) is 0 Å². The molecule has 2 heteroatoms. The third-order valence-corrected chi connectivity index (χ3v) is 3.43. The van der Waals surface area contributed by atoms with E-state index < -0.39 is 0 Å². The van der Waals surface area contributed by atoms with Gasteiger partial charge >= 0.3 is 0 Å². The SMILES string of the molecule is C=CCC1(CCCCCCCCCC)NN1. The molecule has 16 heavy (non-hydrogen) atoms. The molecule has 0 unspecified atom stereocenters. The van der Waals surface area contributed by atoms with Gasteiger partial charge in [-0.05, 0) is 12.8 Å². The van der Waals surface area contributed by atoms with Crippen LogP contribution in [0.3, 0.4) is 0 Å². The Morgan fingerprint density at radius 3 is 2.00 bits per heavy atom. The molecule has 0 bridgehead atoms. The Labute approximate surface area is 101 Å². The second kappa shape index (κ2) is 7.86. The van der Waals surface area contributed by atoms with E-state index in [1.165, 1.54) is 57.8 Å². The van der Waals surface area contributed by atoms with Crippen molar-refractivity contribution < 1.29 is 0 Å². The number of nitrogens with one attached hydrogen (secondary N) is 2.